The van der Waals surface area contributed by atoms with Gasteiger partial charge >= 0.3 is 0 Å². The molecule has 0 saturated carbocycles. The van der Waals surface area contributed by atoms with Gasteiger partial charge in [0.1, 0.15) is 5.82 Å². The second-order valence-corrected chi connectivity index (χ2v) is 3.11. The van der Waals surface area contributed by atoms with Gasteiger partial charge in [0.15, 0.2) is 0 Å². The summed E-state index contributed by atoms with van der Waals surface area (Å²) in [6, 6.07) is 6.39. The van der Waals surface area contributed by atoms with Crippen molar-refractivity contribution in [3.63, 3.8) is 0 Å². The highest BCUT2D eigenvalue weighted by atomic mass is 19.1. The summed E-state index contributed by atoms with van der Waals surface area (Å²) in [5.74, 6) is -0.224. The van der Waals surface area contributed by atoms with Gasteiger partial charge in [-0.15, -0.1) is 0 Å². The standard InChI is InChI=1S/C11H11FN2/c12-10-3-1-8(2-4-10)11-7-14-6-9(11)5-13/h1-4,6-7,14H,5,13H2. The lowest BCUT2D eigenvalue weighted by Gasteiger charge is -2.00. The number of hydrogen-bond acceptors (Lipinski definition) is 1. The molecule has 0 aliphatic rings. The number of halogens is 1. The van der Waals surface area contributed by atoms with Crippen LogP contribution in [0, 0.1) is 5.82 Å². The van der Waals surface area contributed by atoms with Gasteiger partial charge in [0, 0.05) is 24.5 Å². The smallest absolute Gasteiger partial charge is 0.123 e. The summed E-state index contributed by atoms with van der Waals surface area (Å²) in [6.07, 6.45) is 3.73. The highest BCUT2D eigenvalue weighted by Crippen LogP contribution is 2.23. The topological polar surface area (TPSA) is 41.8 Å². The van der Waals surface area contributed by atoms with Crippen LogP contribution in [0.25, 0.3) is 11.1 Å². The van der Waals surface area contributed by atoms with Crippen LogP contribution in [0.3, 0.4) is 0 Å². The Bertz CT molecular complexity index is 417. The number of hydrogen-bond donors (Lipinski definition) is 2. The lowest BCUT2D eigenvalue weighted by atomic mass is 10.1. The summed E-state index contributed by atoms with van der Waals surface area (Å²) in [6.45, 7) is 0.482. The Morgan fingerprint density at radius 1 is 1.14 bits per heavy atom. The molecular weight excluding hydrogens is 179 g/mol. The maximum absolute atomic E-state index is 12.7. The van der Waals surface area contributed by atoms with Crippen molar-refractivity contribution in [2.45, 2.75) is 6.54 Å². The third-order valence-electron chi connectivity index (χ3n) is 2.21. The van der Waals surface area contributed by atoms with Crippen molar-refractivity contribution in [1.29, 1.82) is 0 Å². The highest BCUT2D eigenvalue weighted by Gasteiger charge is 2.04. The summed E-state index contributed by atoms with van der Waals surface area (Å²) in [5.41, 5.74) is 8.62. The fraction of sp³-hybridized carbons (Fsp3) is 0.0909. The minimum absolute atomic E-state index is 0.224. The number of benzene rings is 1. The van der Waals surface area contributed by atoms with Gasteiger partial charge in [-0.05, 0) is 23.3 Å². The Labute approximate surface area is 81.6 Å². The fourth-order valence-electron chi connectivity index (χ4n) is 1.46. The van der Waals surface area contributed by atoms with Crippen LogP contribution in [-0.2, 0) is 6.54 Å². The Morgan fingerprint density at radius 3 is 2.50 bits per heavy atom. The first-order valence-corrected chi connectivity index (χ1v) is 4.43. The number of aromatic amines is 1. The van der Waals surface area contributed by atoms with Crippen LogP contribution in [0.2, 0.25) is 0 Å². The van der Waals surface area contributed by atoms with Gasteiger partial charge < -0.3 is 10.7 Å². The zero-order chi connectivity index (χ0) is 9.97. The van der Waals surface area contributed by atoms with Crippen molar-refractivity contribution < 1.29 is 4.39 Å². The van der Waals surface area contributed by atoms with E-state index in [9.17, 15) is 4.39 Å². The van der Waals surface area contributed by atoms with E-state index in [2.05, 4.69) is 4.98 Å². The molecule has 3 N–H and O–H groups in total. The molecule has 0 saturated heterocycles. The molecule has 2 rings (SSSR count). The minimum atomic E-state index is -0.224. The molecular formula is C11H11FN2. The second-order valence-electron chi connectivity index (χ2n) is 3.11. The normalized spacial score (nSPS) is 10.4. The molecule has 0 amide bonds. The first-order chi connectivity index (χ1) is 6.81. The van der Waals surface area contributed by atoms with E-state index in [0.717, 1.165) is 16.7 Å². The van der Waals surface area contributed by atoms with Gasteiger partial charge in [-0.1, -0.05) is 12.1 Å². The molecule has 14 heavy (non-hydrogen) atoms. The molecule has 2 nitrogen and oxygen atoms in total. The number of nitrogens with one attached hydrogen (secondary N) is 1. The molecule has 3 heteroatoms. The van der Waals surface area contributed by atoms with Crippen molar-refractivity contribution >= 4 is 0 Å². The number of nitrogens with two attached hydrogens (primary N) is 1. The molecule has 1 heterocycles. The van der Waals surface area contributed by atoms with Gasteiger partial charge in [0.2, 0.25) is 0 Å². The molecule has 0 radical (unpaired) electrons. The molecule has 1 aromatic heterocycles. The summed E-state index contributed by atoms with van der Waals surface area (Å²) >= 11 is 0. The molecule has 0 spiro atoms. The van der Waals surface area contributed by atoms with E-state index in [1.165, 1.54) is 12.1 Å². The zero-order valence-electron chi connectivity index (χ0n) is 7.63. The van der Waals surface area contributed by atoms with E-state index < -0.39 is 0 Å². The van der Waals surface area contributed by atoms with Crippen LogP contribution >= 0.6 is 0 Å². The van der Waals surface area contributed by atoms with Crippen molar-refractivity contribution in [1.82, 2.24) is 4.98 Å². The third kappa shape index (κ3) is 1.54. The van der Waals surface area contributed by atoms with Gasteiger partial charge in [-0.3, -0.25) is 0 Å². The predicted molar refractivity (Wildman–Crippen MR) is 54.1 cm³/mol. The lowest BCUT2D eigenvalue weighted by molar-refractivity contribution is 0.628. The third-order valence-corrected chi connectivity index (χ3v) is 2.21. The van der Waals surface area contributed by atoms with E-state index in [1.807, 2.05) is 12.4 Å². The Balaban J connectivity index is 2.44. The zero-order valence-corrected chi connectivity index (χ0v) is 7.63. The molecule has 1 aromatic carbocycles. The van der Waals surface area contributed by atoms with E-state index in [-0.39, 0.29) is 5.82 Å². The minimum Gasteiger partial charge on any atom is -0.367 e. The highest BCUT2D eigenvalue weighted by molar-refractivity contribution is 5.66. The van der Waals surface area contributed by atoms with Crippen LogP contribution in [0.5, 0.6) is 0 Å². The number of aromatic nitrogens is 1. The predicted octanol–water partition coefficient (Wildman–Crippen LogP) is 2.28. The molecule has 2 aromatic rings. The van der Waals surface area contributed by atoms with E-state index >= 15 is 0 Å². The van der Waals surface area contributed by atoms with Crippen LogP contribution < -0.4 is 5.73 Å². The summed E-state index contributed by atoms with van der Waals surface area (Å²) in [4.78, 5) is 2.99. The van der Waals surface area contributed by atoms with Crippen molar-refractivity contribution in [2.75, 3.05) is 0 Å². The Kier molecular flexibility index (Phi) is 2.33. The van der Waals surface area contributed by atoms with E-state index in [1.54, 1.807) is 12.1 Å². The quantitative estimate of drug-likeness (QED) is 0.749. The molecule has 0 bridgehead atoms. The Morgan fingerprint density at radius 2 is 1.86 bits per heavy atom. The summed E-state index contributed by atoms with van der Waals surface area (Å²) < 4.78 is 12.7. The molecule has 72 valence electrons. The molecule has 0 aliphatic heterocycles. The van der Waals surface area contributed by atoms with E-state index in [0.29, 0.717) is 6.54 Å². The van der Waals surface area contributed by atoms with Crippen LogP contribution in [0.1, 0.15) is 5.56 Å². The average molecular weight is 190 g/mol. The van der Waals surface area contributed by atoms with Gasteiger partial charge in [-0.2, -0.15) is 0 Å². The van der Waals surface area contributed by atoms with Crippen molar-refractivity contribution in [2.24, 2.45) is 5.73 Å². The van der Waals surface area contributed by atoms with Crippen molar-refractivity contribution in [3.05, 3.63) is 48.0 Å². The molecule has 0 atom stereocenters. The van der Waals surface area contributed by atoms with Gasteiger partial charge in [0.05, 0.1) is 0 Å². The fourth-order valence-corrected chi connectivity index (χ4v) is 1.46. The van der Waals surface area contributed by atoms with Gasteiger partial charge in [-0.25, -0.2) is 4.39 Å². The van der Waals surface area contributed by atoms with E-state index in [4.69, 9.17) is 5.73 Å². The SMILES string of the molecule is NCc1c[nH]cc1-c1ccc(F)cc1. The number of rotatable bonds is 2. The first kappa shape index (κ1) is 8.97. The molecule has 0 fully saturated rings. The summed E-state index contributed by atoms with van der Waals surface area (Å²) in [7, 11) is 0. The van der Waals surface area contributed by atoms with Crippen LogP contribution in [0.4, 0.5) is 4.39 Å². The first-order valence-electron chi connectivity index (χ1n) is 4.43. The summed E-state index contributed by atoms with van der Waals surface area (Å²) in [5, 5.41) is 0. The largest absolute Gasteiger partial charge is 0.367 e. The maximum Gasteiger partial charge on any atom is 0.123 e. The monoisotopic (exact) mass is 190 g/mol. The van der Waals surface area contributed by atoms with Gasteiger partial charge in [0.25, 0.3) is 0 Å². The van der Waals surface area contributed by atoms with Crippen molar-refractivity contribution in [3.8, 4) is 11.1 Å². The lowest BCUT2D eigenvalue weighted by Crippen LogP contribution is -1.95. The maximum atomic E-state index is 12.7. The average Bonchev–Trinajstić information content (AvgIpc) is 2.67. The van der Waals surface area contributed by atoms with Crippen LogP contribution in [0.15, 0.2) is 36.7 Å². The van der Waals surface area contributed by atoms with Crippen LogP contribution in [-0.4, -0.2) is 4.98 Å². The second kappa shape index (κ2) is 3.64. The number of H-pyrrole nitrogens is 1. The Hall–Kier alpha value is -1.61. The molecule has 0 unspecified atom stereocenters. The molecule has 0 aliphatic carbocycles.